The van der Waals surface area contributed by atoms with Crippen molar-refractivity contribution in [3.63, 3.8) is 0 Å². The lowest BCUT2D eigenvalue weighted by molar-refractivity contribution is -0.132. The summed E-state index contributed by atoms with van der Waals surface area (Å²) in [5.41, 5.74) is 5.90. The van der Waals surface area contributed by atoms with Crippen molar-refractivity contribution in [2.24, 2.45) is 11.7 Å². The van der Waals surface area contributed by atoms with Crippen LogP contribution in [0.3, 0.4) is 0 Å². The van der Waals surface area contributed by atoms with E-state index < -0.39 is 0 Å². The van der Waals surface area contributed by atoms with Gasteiger partial charge in [-0.05, 0) is 32.4 Å². The van der Waals surface area contributed by atoms with Gasteiger partial charge in [0.1, 0.15) is 0 Å². The lowest BCUT2D eigenvalue weighted by Gasteiger charge is -2.24. The molecule has 2 atom stereocenters. The smallest absolute Gasteiger partial charge is 0.239 e. The molecule has 0 aromatic rings. The van der Waals surface area contributed by atoms with Crippen molar-refractivity contribution in [1.29, 1.82) is 0 Å². The second-order valence-corrected chi connectivity index (χ2v) is 5.38. The number of carbonyl (C=O) groups excluding carboxylic acids is 1. The number of likely N-dealkylation sites (N-methyl/N-ethyl adjacent to an activating group) is 1. The van der Waals surface area contributed by atoms with Crippen LogP contribution in [0, 0.1) is 5.92 Å². The molecule has 1 amide bonds. The van der Waals surface area contributed by atoms with Gasteiger partial charge in [0, 0.05) is 20.1 Å². The van der Waals surface area contributed by atoms with Crippen molar-refractivity contribution < 1.29 is 4.79 Å². The molecular weight excluding hydrogens is 214 g/mol. The van der Waals surface area contributed by atoms with Gasteiger partial charge in [-0.2, -0.15) is 0 Å². The molecule has 0 aliphatic carbocycles. The first-order chi connectivity index (χ1) is 8.04. The first kappa shape index (κ1) is 14.5. The van der Waals surface area contributed by atoms with Crippen LogP contribution in [0.2, 0.25) is 0 Å². The molecule has 17 heavy (non-hydrogen) atoms. The first-order valence-corrected chi connectivity index (χ1v) is 6.73. The first-order valence-electron chi connectivity index (χ1n) is 6.73. The maximum atomic E-state index is 12.0. The molecule has 1 unspecified atom stereocenters. The zero-order valence-corrected chi connectivity index (χ0v) is 11.5. The van der Waals surface area contributed by atoms with E-state index in [9.17, 15) is 4.79 Å². The predicted octanol–water partition coefficient (Wildman–Crippen LogP) is 0.914. The van der Waals surface area contributed by atoms with E-state index in [0.29, 0.717) is 5.92 Å². The lowest BCUT2D eigenvalue weighted by atomic mass is 10.1. The number of hydrogen-bond acceptors (Lipinski definition) is 3. The van der Waals surface area contributed by atoms with Gasteiger partial charge in [-0.1, -0.05) is 19.8 Å². The van der Waals surface area contributed by atoms with E-state index in [2.05, 4.69) is 18.9 Å². The van der Waals surface area contributed by atoms with E-state index in [1.807, 2.05) is 11.9 Å². The second-order valence-electron chi connectivity index (χ2n) is 5.38. The van der Waals surface area contributed by atoms with Gasteiger partial charge in [-0.3, -0.25) is 4.79 Å². The Hall–Kier alpha value is -0.610. The number of nitrogens with two attached hydrogens (primary N) is 1. The number of amides is 1. The van der Waals surface area contributed by atoms with E-state index in [-0.39, 0.29) is 11.9 Å². The Morgan fingerprint density at radius 1 is 1.59 bits per heavy atom. The molecule has 0 spiro atoms. The monoisotopic (exact) mass is 241 g/mol. The summed E-state index contributed by atoms with van der Waals surface area (Å²) in [4.78, 5) is 16.1. The molecular formula is C13H27N3O. The van der Waals surface area contributed by atoms with Gasteiger partial charge >= 0.3 is 0 Å². The fraction of sp³-hybridized carbons (Fsp3) is 0.923. The summed E-state index contributed by atoms with van der Waals surface area (Å²) in [6.45, 7) is 5.22. The number of rotatable bonds is 6. The zero-order valence-electron chi connectivity index (χ0n) is 11.5. The van der Waals surface area contributed by atoms with E-state index >= 15 is 0 Å². The van der Waals surface area contributed by atoms with Crippen molar-refractivity contribution in [2.45, 2.75) is 38.6 Å². The van der Waals surface area contributed by atoms with E-state index in [1.54, 1.807) is 0 Å². The zero-order chi connectivity index (χ0) is 12.8. The van der Waals surface area contributed by atoms with Crippen LogP contribution < -0.4 is 5.73 Å². The molecule has 4 heteroatoms. The Kier molecular flexibility index (Phi) is 5.92. The molecule has 100 valence electrons. The maximum Gasteiger partial charge on any atom is 0.239 e. The minimum Gasteiger partial charge on any atom is -0.344 e. The SMILES string of the molecule is CCCC[C@H](N)C(=O)N(C)CC1CCN(C)C1. The largest absolute Gasteiger partial charge is 0.344 e. The molecule has 1 aliphatic heterocycles. The molecule has 1 saturated heterocycles. The van der Waals surface area contributed by atoms with Crippen LogP contribution in [0.25, 0.3) is 0 Å². The van der Waals surface area contributed by atoms with Gasteiger partial charge in [-0.15, -0.1) is 0 Å². The van der Waals surface area contributed by atoms with E-state index in [0.717, 1.165) is 38.9 Å². The topological polar surface area (TPSA) is 49.6 Å². The lowest BCUT2D eigenvalue weighted by Crippen LogP contribution is -2.43. The highest BCUT2D eigenvalue weighted by atomic mass is 16.2. The molecule has 0 radical (unpaired) electrons. The molecule has 1 heterocycles. The van der Waals surface area contributed by atoms with Crippen LogP contribution >= 0.6 is 0 Å². The van der Waals surface area contributed by atoms with Crippen LogP contribution in [-0.4, -0.2) is 55.5 Å². The molecule has 0 bridgehead atoms. The molecule has 1 aliphatic rings. The second kappa shape index (κ2) is 6.97. The molecule has 0 aromatic heterocycles. The summed E-state index contributed by atoms with van der Waals surface area (Å²) in [7, 11) is 4.02. The Morgan fingerprint density at radius 3 is 2.82 bits per heavy atom. The fourth-order valence-electron chi connectivity index (χ4n) is 2.48. The summed E-state index contributed by atoms with van der Waals surface area (Å²) in [5.74, 6) is 0.723. The molecule has 0 aromatic carbocycles. The normalized spacial score (nSPS) is 22.7. The van der Waals surface area contributed by atoms with Gasteiger partial charge in [0.2, 0.25) is 5.91 Å². The van der Waals surface area contributed by atoms with Gasteiger partial charge in [-0.25, -0.2) is 0 Å². The number of hydrogen-bond donors (Lipinski definition) is 1. The Labute approximate surface area is 105 Å². The van der Waals surface area contributed by atoms with Crippen molar-refractivity contribution >= 4 is 5.91 Å². The standard InChI is InChI=1S/C13H27N3O/c1-4-5-6-12(14)13(17)16(3)10-11-7-8-15(2)9-11/h11-12H,4-10,14H2,1-3H3/t11?,12-/m0/s1. The third kappa shape index (κ3) is 4.64. The third-order valence-corrected chi connectivity index (χ3v) is 3.58. The number of nitrogens with zero attached hydrogens (tertiary/aromatic N) is 2. The van der Waals surface area contributed by atoms with E-state index in [4.69, 9.17) is 5.73 Å². The fourth-order valence-corrected chi connectivity index (χ4v) is 2.48. The minimum atomic E-state index is -0.306. The minimum absolute atomic E-state index is 0.105. The molecule has 2 N–H and O–H groups in total. The number of unbranched alkanes of at least 4 members (excludes halogenated alkanes) is 1. The highest BCUT2D eigenvalue weighted by Gasteiger charge is 2.24. The highest BCUT2D eigenvalue weighted by Crippen LogP contribution is 2.15. The summed E-state index contributed by atoms with van der Waals surface area (Å²) < 4.78 is 0. The molecule has 1 rings (SSSR count). The van der Waals surface area contributed by atoms with Crippen LogP contribution in [0.1, 0.15) is 32.6 Å². The molecule has 4 nitrogen and oxygen atoms in total. The highest BCUT2D eigenvalue weighted by molar-refractivity contribution is 5.81. The van der Waals surface area contributed by atoms with Crippen molar-refractivity contribution in [2.75, 3.05) is 33.7 Å². The van der Waals surface area contributed by atoms with Gasteiger partial charge in [0.05, 0.1) is 6.04 Å². The summed E-state index contributed by atoms with van der Waals surface area (Å²) in [5, 5.41) is 0. The summed E-state index contributed by atoms with van der Waals surface area (Å²) >= 11 is 0. The van der Waals surface area contributed by atoms with Crippen molar-refractivity contribution in [1.82, 2.24) is 9.80 Å². The summed E-state index contributed by atoms with van der Waals surface area (Å²) in [6.07, 6.45) is 4.13. The molecule has 1 fully saturated rings. The van der Waals surface area contributed by atoms with Gasteiger partial charge < -0.3 is 15.5 Å². The third-order valence-electron chi connectivity index (χ3n) is 3.58. The average molecular weight is 241 g/mol. The number of likely N-dealkylation sites (tertiary alicyclic amines) is 1. The van der Waals surface area contributed by atoms with Crippen LogP contribution in [0.5, 0.6) is 0 Å². The van der Waals surface area contributed by atoms with Crippen molar-refractivity contribution in [3.8, 4) is 0 Å². The van der Waals surface area contributed by atoms with Crippen LogP contribution in [0.4, 0.5) is 0 Å². The summed E-state index contributed by atoms with van der Waals surface area (Å²) in [6, 6.07) is -0.306. The number of carbonyl (C=O) groups is 1. The van der Waals surface area contributed by atoms with Crippen molar-refractivity contribution in [3.05, 3.63) is 0 Å². The average Bonchev–Trinajstić information content (AvgIpc) is 2.70. The molecule has 0 saturated carbocycles. The maximum absolute atomic E-state index is 12.0. The van der Waals surface area contributed by atoms with E-state index in [1.165, 1.54) is 6.42 Å². The predicted molar refractivity (Wildman–Crippen MR) is 70.7 cm³/mol. The Morgan fingerprint density at radius 2 is 2.29 bits per heavy atom. The van der Waals surface area contributed by atoms with Gasteiger partial charge in [0.25, 0.3) is 0 Å². The van der Waals surface area contributed by atoms with Crippen LogP contribution in [-0.2, 0) is 4.79 Å². The van der Waals surface area contributed by atoms with Gasteiger partial charge in [0.15, 0.2) is 0 Å². The Balaban J connectivity index is 2.30. The van der Waals surface area contributed by atoms with Crippen LogP contribution in [0.15, 0.2) is 0 Å². The Bertz CT molecular complexity index is 245. The quantitative estimate of drug-likeness (QED) is 0.752.